The zero-order chi connectivity index (χ0) is 6.12. The quantitative estimate of drug-likeness (QED) is 0.474. The van der Waals surface area contributed by atoms with Crippen molar-refractivity contribution in [2.75, 3.05) is 0 Å². The van der Waals surface area contributed by atoms with Gasteiger partial charge in [-0.2, -0.15) is 0 Å². The van der Waals surface area contributed by atoms with E-state index in [4.69, 9.17) is 9.46 Å². The normalized spacial score (nSPS) is 6.38. The molecule has 0 spiro atoms. The molecule has 0 aliphatic carbocycles. The molecule has 48 valence electrons. The minimum Gasteiger partial charge on any atom is -1.00 e. The summed E-state index contributed by atoms with van der Waals surface area (Å²) in [5.74, 6) is 0. The van der Waals surface area contributed by atoms with E-state index in [1.807, 2.05) is 0 Å². The molecule has 0 saturated heterocycles. The Morgan fingerprint density at radius 3 is 1.62 bits per heavy atom. The first kappa shape index (κ1) is 16.2. The maximum absolute atomic E-state index is 8.46. The van der Waals surface area contributed by atoms with Gasteiger partial charge < -0.3 is 7.75 Å². The summed E-state index contributed by atoms with van der Waals surface area (Å²) >= 11 is 0. The number of hydrogen-bond donors (Lipinski definition) is 1. The van der Waals surface area contributed by atoms with E-state index < -0.39 is 8.69 Å². The average Bonchev–Trinajstić information content (AvgIpc) is 1.69. The second kappa shape index (κ2) is 23.9. The topological polar surface area (TPSA) is 37.3 Å². The smallest absolute Gasteiger partial charge is 1.00 e. The van der Waals surface area contributed by atoms with Gasteiger partial charge in [0.15, 0.2) is 0 Å². The van der Waals surface area contributed by atoms with Gasteiger partial charge in [0.2, 0.25) is 0 Å². The van der Waals surface area contributed by atoms with Crippen LogP contribution in [0.3, 0.4) is 0 Å². The van der Waals surface area contributed by atoms with Gasteiger partial charge in [0, 0.05) is 0 Å². The Hall–Kier alpha value is 1.32. The van der Waals surface area contributed by atoms with E-state index in [0.29, 0.717) is 0 Å². The van der Waals surface area contributed by atoms with Crippen molar-refractivity contribution < 1.29 is 12.3 Å². The van der Waals surface area contributed by atoms with Crippen LogP contribution in [0.5, 0.6) is 0 Å². The van der Waals surface area contributed by atoms with Crippen LogP contribution in [0.4, 0.5) is 0 Å². The molecule has 0 unspecified atom stereocenters. The molecule has 0 aromatic rings. The van der Waals surface area contributed by atoms with Crippen LogP contribution in [0.25, 0.3) is 0 Å². The Bertz CT molecular complexity index is 40.4. The Labute approximate surface area is 84.9 Å². The molecule has 2 nitrogen and oxygen atoms in total. The summed E-state index contributed by atoms with van der Waals surface area (Å²) in [4.78, 5) is 6.99. The zero-order valence-electron chi connectivity index (χ0n) is 7.42. The molecule has 0 aromatic carbocycles. The van der Waals surface area contributed by atoms with Gasteiger partial charge in [-0.25, -0.2) is 4.57 Å². The minimum atomic E-state index is -0.833. The Morgan fingerprint density at radius 1 is 1.50 bits per heavy atom. The Morgan fingerprint density at radius 2 is 1.62 bits per heavy atom. The van der Waals surface area contributed by atoms with E-state index in [1.165, 1.54) is 12.8 Å². The molecule has 0 amide bonds. The van der Waals surface area contributed by atoms with Crippen molar-refractivity contribution in [1.29, 1.82) is 0 Å². The number of rotatable bonds is 1. The van der Waals surface area contributed by atoms with Crippen molar-refractivity contribution in [1.82, 2.24) is 0 Å². The van der Waals surface area contributed by atoms with E-state index in [2.05, 4.69) is 13.8 Å². The molecule has 0 radical (unpaired) electrons. The van der Waals surface area contributed by atoms with Crippen LogP contribution in [0.15, 0.2) is 0 Å². The summed E-state index contributed by atoms with van der Waals surface area (Å²) in [7, 11) is -0.833. The second-order valence-electron chi connectivity index (χ2n) is 1.08. The van der Waals surface area contributed by atoms with Crippen molar-refractivity contribution in [3.05, 3.63) is 0 Å². The second-order valence-corrected chi connectivity index (χ2v) is 1.24. The fraction of sp³-hybridized carbons (Fsp3) is 1.00. The molecule has 0 aliphatic heterocycles. The van der Waals surface area contributed by atoms with Gasteiger partial charge in [-0.05, 0) is 0 Å². The molecule has 0 bridgehead atoms. The van der Waals surface area contributed by atoms with Crippen molar-refractivity contribution in [2.24, 2.45) is 0 Å². The van der Waals surface area contributed by atoms with Crippen LogP contribution in [0, 0.1) is 0 Å². The summed E-state index contributed by atoms with van der Waals surface area (Å²) in [6.07, 6.45) is 2.64. The first-order valence-electron chi connectivity index (χ1n) is 2.30. The van der Waals surface area contributed by atoms with Gasteiger partial charge in [-0.1, -0.05) is 26.7 Å². The average molecular weight is 164 g/mol. The van der Waals surface area contributed by atoms with Crippen LogP contribution in [0.1, 0.15) is 29.5 Å². The molecule has 0 atom stereocenters. The molecular formula is C4H13CaO2P. The molecule has 0 aliphatic rings. The van der Waals surface area contributed by atoms with E-state index in [-0.39, 0.29) is 40.6 Å². The van der Waals surface area contributed by atoms with Crippen molar-refractivity contribution in [3.63, 3.8) is 0 Å². The molecule has 1 N–H and O–H groups in total. The zero-order valence-corrected chi connectivity index (χ0v) is 8.53. The van der Waals surface area contributed by atoms with Crippen LogP contribution in [0.2, 0.25) is 0 Å². The first-order chi connectivity index (χ1) is 3.33. The van der Waals surface area contributed by atoms with Gasteiger partial charge in [0.1, 0.15) is 0 Å². The number of unbranched alkanes of at least 4 members (excludes halogenated alkanes) is 1. The van der Waals surface area contributed by atoms with Crippen LogP contribution in [-0.2, 0) is 4.57 Å². The molecule has 0 aromatic heterocycles. The molecule has 0 heterocycles. The maximum Gasteiger partial charge on any atom is 2.00 e. The van der Waals surface area contributed by atoms with Crippen molar-refractivity contribution in [2.45, 2.75) is 26.7 Å². The predicted molar refractivity (Wildman–Crippen MR) is 38.4 cm³/mol. The minimum absolute atomic E-state index is 0. The van der Waals surface area contributed by atoms with Crippen molar-refractivity contribution in [3.8, 4) is 0 Å². The molecule has 0 fully saturated rings. The van der Waals surface area contributed by atoms with Crippen molar-refractivity contribution >= 4 is 46.4 Å². The Kier molecular flexibility index (Phi) is 48.2. The summed E-state index contributed by atoms with van der Waals surface area (Å²) in [6, 6.07) is 0. The van der Waals surface area contributed by atoms with E-state index in [0.717, 1.165) is 0 Å². The maximum atomic E-state index is 8.46. The van der Waals surface area contributed by atoms with Gasteiger partial charge in [-0.15, -0.1) is 0 Å². The third kappa shape index (κ3) is 54.3. The van der Waals surface area contributed by atoms with Crippen LogP contribution in [-0.4, -0.2) is 42.6 Å². The first-order valence-corrected chi connectivity index (χ1v) is 3.06. The third-order valence-electron chi connectivity index (χ3n) is 0.500. The SMILES string of the molecule is CCCC.O=PO.[Ca+2].[H-].[H-]. The predicted octanol–water partition coefficient (Wildman–Crippen LogP) is 1.84. The monoisotopic (exact) mass is 164 g/mol. The summed E-state index contributed by atoms with van der Waals surface area (Å²) in [5, 5.41) is 0. The summed E-state index contributed by atoms with van der Waals surface area (Å²) < 4.78 is 8.46. The van der Waals surface area contributed by atoms with E-state index in [1.54, 1.807) is 0 Å². The molecule has 0 saturated carbocycles. The number of hydrogen-bond acceptors (Lipinski definition) is 1. The standard InChI is InChI=1S/C4H10.Ca.HO2P.2H/c1-3-4-2;;1-3-2;;/h3-4H2,1-2H3;;(H,1,2);;/q;+2;;2*-1. The van der Waals surface area contributed by atoms with E-state index in [9.17, 15) is 0 Å². The summed E-state index contributed by atoms with van der Waals surface area (Å²) in [6.45, 7) is 4.36. The Balaban J connectivity index is -0.0000000131. The fourth-order valence-electron chi connectivity index (χ4n) is 0. The van der Waals surface area contributed by atoms with E-state index >= 15 is 0 Å². The molecule has 4 heteroatoms. The van der Waals surface area contributed by atoms with Crippen LogP contribution >= 0.6 is 8.69 Å². The van der Waals surface area contributed by atoms with Gasteiger partial charge in [0.05, 0.1) is 0 Å². The largest absolute Gasteiger partial charge is 2.00 e. The fourth-order valence-corrected chi connectivity index (χ4v) is 0. The van der Waals surface area contributed by atoms with Crippen LogP contribution < -0.4 is 0 Å². The van der Waals surface area contributed by atoms with Gasteiger partial charge in [0.25, 0.3) is 0 Å². The summed E-state index contributed by atoms with van der Waals surface area (Å²) in [5.41, 5.74) is 0. The molecular weight excluding hydrogens is 151 g/mol. The van der Waals surface area contributed by atoms with Gasteiger partial charge in [-0.3, -0.25) is 0 Å². The van der Waals surface area contributed by atoms with Gasteiger partial charge >= 0.3 is 46.4 Å². The third-order valence-corrected chi connectivity index (χ3v) is 0.500. The molecule has 8 heavy (non-hydrogen) atoms. The molecule has 0 rings (SSSR count).